The molecule has 2 rings (SSSR count). The Labute approximate surface area is 122 Å². The van der Waals surface area contributed by atoms with Crippen LogP contribution in [-0.4, -0.2) is 40.7 Å². The fraction of sp³-hybridized carbons (Fsp3) is 0.688. The fourth-order valence-electron chi connectivity index (χ4n) is 2.91. The summed E-state index contributed by atoms with van der Waals surface area (Å²) >= 11 is 0. The van der Waals surface area contributed by atoms with E-state index in [1.165, 1.54) is 24.9 Å². The number of nitrogens with zero attached hydrogens (tertiary/aromatic N) is 2. The van der Waals surface area contributed by atoms with Gasteiger partial charge in [-0.05, 0) is 56.3 Å². The lowest BCUT2D eigenvalue weighted by molar-refractivity contribution is 0.210. The van der Waals surface area contributed by atoms with Crippen molar-refractivity contribution in [2.75, 3.05) is 25.0 Å². The molecule has 1 aromatic heterocycles. The number of hydrogen-bond acceptors (Lipinski definition) is 4. The maximum atomic E-state index is 8.99. The Kier molecular flexibility index (Phi) is 6.27. The normalized spacial score (nSPS) is 19.4. The summed E-state index contributed by atoms with van der Waals surface area (Å²) in [5, 5.41) is 12.3. The quantitative estimate of drug-likeness (QED) is 0.767. The molecule has 1 aliphatic rings. The summed E-state index contributed by atoms with van der Waals surface area (Å²) in [6, 6.07) is 4.91. The molecule has 1 aliphatic heterocycles. The molecule has 2 heterocycles. The van der Waals surface area contributed by atoms with Crippen LogP contribution in [0, 0.1) is 0 Å². The minimum absolute atomic E-state index is 0.310. The highest BCUT2D eigenvalue weighted by atomic mass is 16.2. The first-order chi connectivity index (χ1) is 9.83. The van der Waals surface area contributed by atoms with Gasteiger partial charge in [0.2, 0.25) is 0 Å². The van der Waals surface area contributed by atoms with E-state index < -0.39 is 0 Å². The predicted molar refractivity (Wildman–Crippen MR) is 82.8 cm³/mol. The third kappa shape index (κ3) is 4.46. The average molecular weight is 277 g/mol. The topological polar surface area (TPSA) is 48.4 Å². The number of hydrogen-bond donors (Lipinski definition) is 2. The number of nitrogens with one attached hydrogen (secondary N) is 1. The highest BCUT2D eigenvalue weighted by Gasteiger charge is 2.23. The van der Waals surface area contributed by atoms with E-state index in [4.69, 9.17) is 5.11 Å². The molecule has 1 aromatic rings. The number of aromatic nitrogens is 1. The Morgan fingerprint density at radius 2 is 2.40 bits per heavy atom. The smallest absolute Gasteiger partial charge is 0.126 e. The van der Waals surface area contributed by atoms with Crippen LogP contribution in [-0.2, 0) is 6.54 Å². The van der Waals surface area contributed by atoms with Crippen molar-refractivity contribution in [3.8, 4) is 0 Å². The molecule has 20 heavy (non-hydrogen) atoms. The molecular weight excluding hydrogens is 250 g/mol. The van der Waals surface area contributed by atoms with Crippen LogP contribution >= 0.6 is 0 Å². The SMILES string of the molecule is CCCNc1cc(CN2CCCC2CCCO)ccn1. The summed E-state index contributed by atoms with van der Waals surface area (Å²) in [6.07, 6.45) is 7.59. The summed E-state index contributed by atoms with van der Waals surface area (Å²) in [4.78, 5) is 6.91. The monoisotopic (exact) mass is 277 g/mol. The molecule has 0 radical (unpaired) electrons. The van der Waals surface area contributed by atoms with Gasteiger partial charge in [-0.2, -0.15) is 0 Å². The lowest BCUT2D eigenvalue weighted by Crippen LogP contribution is -2.29. The molecule has 1 atom stereocenters. The standard InChI is InChI=1S/C16H27N3O/c1-2-8-17-16-12-14(7-9-18-16)13-19-10-3-5-15(19)6-4-11-20/h7,9,12,15,20H,2-6,8,10-11,13H2,1H3,(H,17,18). The van der Waals surface area contributed by atoms with Crippen LogP contribution in [0.15, 0.2) is 18.3 Å². The number of rotatable bonds is 8. The van der Waals surface area contributed by atoms with Crippen molar-refractivity contribution in [3.05, 3.63) is 23.9 Å². The molecule has 1 unspecified atom stereocenters. The minimum Gasteiger partial charge on any atom is -0.396 e. The molecule has 1 fully saturated rings. The largest absolute Gasteiger partial charge is 0.396 e. The van der Waals surface area contributed by atoms with E-state index >= 15 is 0 Å². The van der Waals surface area contributed by atoms with E-state index in [9.17, 15) is 0 Å². The van der Waals surface area contributed by atoms with Gasteiger partial charge in [0.25, 0.3) is 0 Å². The van der Waals surface area contributed by atoms with Crippen LogP contribution in [0.1, 0.15) is 44.6 Å². The molecule has 1 saturated heterocycles. The van der Waals surface area contributed by atoms with Crippen LogP contribution in [0.4, 0.5) is 5.82 Å². The second kappa shape index (κ2) is 8.22. The van der Waals surface area contributed by atoms with Gasteiger partial charge in [-0.15, -0.1) is 0 Å². The predicted octanol–water partition coefficient (Wildman–Crippen LogP) is 2.64. The van der Waals surface area contributed by atoms with Gasteiger partial charge in [0.15, 0.2) is 0 Å². The first kappa shape index (κ1) is 15.3. The van der Waals surface area contributed by atoms with Gasteiger partial charge in [-0.1, -0.05) is 6.92 Å². The summed E-state index contributed by atoms with van der Waals surface area (Å²) in [5.41, 5.74) is 1.33. The number of aliphatic hydroxyl groups is 1. The molecule has 112 valence electrons. The van der Waals surface area contributed by atoms with E-state index in [-0.39, 0.29) is 0 Å². The lowest BCUT2D eigenvalue weighted by atomic mass is 10.1. The maximum Gasteiger partial charge on any atom is 0.126 e. The van der Waals surface area contributed by atoms with Crippen molar-refractivity contribution in [2.24, 2.45) is 0 Å². The number of pyridine rings is 1. The first-order valence-electron chi connectivity index (χ1n) is 7.87. The van der Waals surface area contributed by atoms with Crippen LogP contribution in [0.3, 0.4) is 0 Å². The maximum absolute atomic E-state index is 8.99. The Hall–Kier alpha value is -1.13. The zero-order valence-corrected chi connectivity index (χ0v) is 12.5. The van der Waals surface area contributed by atoms with Gasteiger partial charge in [-0.25, -0.2) is 4.98 Å². The number of aliphatic hydroxyl groups excluding tert-OH is 1. The van der Waals surface area contributed by atoms with Crippen molar-refractivity contribution in [3.63, 3.8) is 0 Å². The highest BCUT2D eigenvalue weighted by molar-refractivity contribution is 5.37. The number of anilines is 1. The van der Waals surface area contributed by atoms with E-state index in [0.717, 1.165) is 38.2 Å². The van der Waals surface area contributed by atoms with Crippen molar-refractivity contribution < 1.29 is 5.11 Å². The first-order valence-corrected chi connectivity index (χ1v) is 7.87. The van der Waals surface area contributed by atoms with Crippen molar-refractivity contribution >= 4 is 5.82 Å². The van der Waals surface area contributed by atoms with Gasteiger partial charge in [0.05, 0.1) is 0 Å². The second-order valence-electron chi connectivity index (χ2n) is 5.61. The molecule has 2 N–H and O–H groups in total. The summed E-state index contributed by atoms with van der Waals surface area (Å²) < 4.78 is 0. The molecule has 0 amide bonds. The van der Waals surface area contributed by atoms with E-state index in [1.807, 2.05) is 6.20 Å². The van der Waals surface area contributed by atoms with Crippen LogP contribution in [0.2, 0.25) is 0 Å². The molecule has 0 aliphatic carbocycles. The molecule has 0 aromatic carbocycles. The van der Waals surface area contributed by atoms with Gasteiger partial charge < -0.3 is 10.4 Å². The van der Waals surface area contributed by atoms with E-state index in [0.29, 0.717) is 12.6 Å². The zero-order chi connectivity index (χ0) is 14.2. The molecule has 4 heteroatoms. The minimum atomic E-state index is 0.310. The van der Waals surface area contributed by atoms with Gasteiger partial charge in [0, 0.05) is 31.9 Å². The van der Waals surface area contributed by atoms with Crippen LogP contribution < -0.4 is 5.32 Å². The summed E-state index contributed by atoms with van der Waals surface area (Å²) in [5.74, 6) is 0.982. The van der Waals surface area contributed by atoms with Crippen LogP contribution in [0.5, 0.6) is 0 Å². The Morgan fingerprint density at radius 1 is 1.50 bits per heavy atom. The third-order valence-electron chi connectivity index (χ3n) is 3.96. The zero-order valence-electron chi connectivity index (χ0n) is 12.5. The Balaban J connectivity index is 1.91. The van der Waals surface area contributed by atoms with Crippen molar-refractivity contribution in [1.29, 1.82) is 0 Å². The Bertz CT molecular complexity index is 397. The van der Waals surface area contributed by atoms with E-state index in [2.05, 4.69) is 34.3 Å². The Morgan fingerprint density at radius 3 is 3.20 bits per heavy atom. The molecule has 0 saturated carbocycles. The molecular formula is C16H27N3O. The highest BCUT2D eigenvalue weighted by Crippen LogP contribution is 2.23. The number of likely N-dealkylation sites (tertiary alicyclic amines) is 1. The van der Waals surface area contributed by atoms with Crippen LogP contribution in [0.25, 0.3) is 0 Å². The summed E-state index contributed by atoms with van der Waals surface area (Å²) in [7, 11) is 0. The van der Waals surface area contributed by atoms with E-state index in [1.54, 1.807) is 0 Å². The van der Waals surface area contributed by atoms with Gasteiger partial charge in [0.1, 0.15) is 5.82 Å². The average Bonchev–Trinajstić information content (AvgIpc) is 2.90. The van der Waals surface area contributed by atoms with Crippen molar-refractivity contribution in [1.82, 2.24) is 9.88 Å². The molecule has 0 spiro atoms. The second-order valence-corrected chi connectivity index (χ2v) is 5.61. The lowest BCUT2D eigenvalue weighted by Gasteiger charge is -2.24. The van der Waals surface area contributed by atoms with Gasteiger partial charge in [-0.3, -0.25) is 4.90 Å². The third-order valence-corrected chi connectivity index (χ3v) is 3.96. The fourth-order valence-corrected chi connectivity index (χ4v) is 2.91. The van der Waals surface area contributed by atoms with Gasteiger partial charge >= 0.3 is 0 Å². The molecule has 4 nitrogen and oxygen atoms in total. The van der Waals surface area contributed by atoms with Crippen molar-refractivity contribution in [2.45, 2.75) is 51.6 Å². The molecule has 0 bridgehead atoms. The summed E-state index contributed by atoms with van der Waals surface area (Å²) in [6.45, 7) is 5.62.